The van der Waals surface area contributed by atoms with Crippen molar-refractivity contribution in [3.8, 4) is 17.2 Å². The lowest BCUT2D eigenvalue weighted by atomic mass is 10.1. The third kappa shape index (κ3) is 3.67. The number of ether oxygens (including phenoxy) is 3. The molecule has 0 unspecified atom stereocenters. The molecule has 0 bridgehead atoms. The maximum atomic E-state index is 10.5. The molecule has 0 aliphatic heterocycles. The standard InChI is InChI=1S/C13H17ClO5/c1-17-9-7-10(18-2)13(19-3)12(14)8(9)5-4-6-11(15)16/h7H,4-6H2,1-3H3,(H,15,16). The minimum absolute atomic E-state index is 0.0772. The number of rotatable bonds is 7. The molecule has 0 radical (unpaired) electrons. The van der Waals surface area contributed by atoms with Crippen molar-refractivity contribution < 1.29 is 24.1 Å². The fourth-order valence-electron chi connectivity index (χ4n) is 1.80. The first-order valence-corrected chi connectivity index (χ1v) is 6.12. The minimum Gasteiger partial charge on any atom is -0.496 e. The van der Waals surface area contributed by atoms with E-state index >= 15 is 0 Å². The Morgan fingerprint density at radius 1 is 1.21 bits per heavy atom. The monoisotopic (exact) mass is 288 g/mol. The lowest BCUT2D eigenvalue weighted by molar-refractivity contribution is -0.137. The fourth-order valence-corrected chi connectivity index (χ4v) is 2.16. The molecule has 0 atom stereocenters. The number of hydrogen-bond donors (Lipinski definition) is 1. The second-order valence-electron chi connectivity index (χ2n) is 3.85. The maximum absolute atomic E-state index is 10.5. The Bertz CT molecular complexity index is 459. The van der Waals surface area contributed by atoms with Crippen LogP contribution in [0.1, 0.15) is 18.4 Å². The fraction of sp³-hybridized carbons (Fsp3) is 0.462. The molecule has 0 aromatic heterocycles. The van der Waals surface area contributed by atoms with Gasteiger partial charge in [0.15, 0.2) is 11.5 Å². The number of halogens is 1. The molecule has 1 N–H and O–H groups in total. The number of carboxylic acids is 1. The number of carbonyl (C=O) groups is 1. The van der Waals surface area contributed by atoms with Gasteiger partial charge in [-0.25, -0.2) is 0 Å². The van der Waals surface area contributed by atoms with Crippen molar-refractivity contribution in [1.82, 2.24) is 0 Å². The summed E-state index contributed by atoms with van der Waals surface area (Å²) in [5.74, 6) is 0.630. The zero-order valence-corrected chi connectivity index (χ0v) is 11.9. The molecule has 6 heteroatoms. The molecule has 5 nitrogen and oxygen atoms in total. The minimum atomic E-state index is -0.837. The molecule has 0 aliphatic carbocycles. The third-order valence-corrected chi connectivity index (χ3v) is 3.11. The topological polar surface area (TPSA) is 65.0 Å². The van der Waals surface area contributed by atoms with Gasteiger partial charge in [0.2, 0.25) is 0 Å². The van der Waals surface area contributed by atoms with E-state index in [2.05, 4.69) is 0 Å². The van der Waals surface area contributed by atoms with Gasteiger partial charge in [-0.3, -0.25) is 4.79 Å². The lowest BCUT2D eigenvalue weighted by Crippen LogP contribution is -2.01. The van der Waals surface area contributed by atoms with Crippen LogP contribution in [-0.2, 0) is 11.2 Å². The second kappa shape index (κ2) is 7.09. The first-order valence-electron chi connectivity index (χ1n) is 5.74. The van der Waals surface area contributed by atoms with Crippen LogP contribution in [0.3, 0.4) is 0 Å². The normalized spacial score (nSPS) is 10.1. The Morgan fingerprint density at radius 3 is 2.32 bits per heavy atom. The molecule has 1 rings (SSSR count). The van der Waals surface area contributed by atoms with Crippen molar-refractivity contribution >= 4 is 17.6 Å². The number of carboxylic acid groups (broad SMARTS) is 1. The molecule has 0 spiro atoms. The van der Waals surface area contributed by atoms with Crippen LogP contribution < -0.4 is 14.2 Å². The van der Waals surface area contributed by atoms with Crippen molar-refractivity contribution in [3.63, 3.8) is 0 Å². The van der Waals surface area contributed by atoms with Crippen LogP contribution in [-0.4, -0.2) is 32.4 Å². The molecule has 0 amide bonds. The van der Waals surface area contributed by atoms with Crippen LogP contribution in [0.15, 0.2) is 6.07 Å². The van der Waals surface area contributed by atoms with Gasteiger partial charge in [-0.15, -0.1) is 0 Å². The summed E-state index contributed by atoms with van der Waals surface area (Å²) in [6.45, 7) is 0. The van der Waals surface area contributed by atoms with Gasteiger partial charge in [-0.2, -0.15) is 0 Å². The van der Waals surface area contributed by atoms with Gasteiger partial charge >= 0.3 is 5.97 Å². The molecule has 1 aromatic carbocycles. The Morgan fingerprint density at radius 2 is 1.84 bits per heavy atom. The van der Waals surface area contributed by atoms with Gasteiger partial charge in [-0.1, -0.05) is 11.6 Å². The van der Waals surface area contributed by atoms with Gasteiger partial charge in [0.1, 0.15) is 5.75 Å². The predicted octanol–water partition coefficient (Wildman–Crippen LogP) is 2.77. The SMILES string of the molecule is COc1cc(OC)c(OC)c(Cl)c1CCCC(=O)O. The summed E-state index contributed by atoms with van der Waals surface area (Å²) in [5.41, 5.74) is 0.725. The lowest BCUT2D eigenvalue weighted by Gasteiger charge is -2.16. The van der Waals surface area contributed by atoms with E-state index in [0.29, 0.717) is 35.1 Å². The van der Waals surface area contributed by atoms with Gasteiger partial charge < -0.3 is 19.3 Å². The molecule has 0 saturated heterocycles. The Kier molecular flexibility index (Phi) is 5.76. The average molecular weight is 289 g/mol. The zero-order valence-electron chi connectivity index (χ0n) is 11.2. The van der Waals surface area contributed by atoms with Gasteiger partial charge in [-0.05, 0) is 12.8 Å². The van der Waals surface area contributed by atoms with E-state index in [1.165, 1.54) is 21.3 Å². The first-order chi connectivity index (χ1) is 9.04. The average Bonchev–Trinajstić information content (AvgIpc) is 2.39. The maximum Gasteiger partial charge on any atom is 0.303 e. The van der Waals surface area contributed by atoms with E-state index in [0.717, 1.165) is 5.56 Å². The largest absolute Gasteiger partial charge is 0.496 e. The van der Waals surface area contributed by atoms with Gasteiger partial charge in [0.25, 0.3) is 0 Å². The molecule has 19 heavy (non-hydrogen) atoms. The van der Waals surface area contributed by atoms with E-state index in [4.69, 9.17) is 30.9 Å². The smallest absolute Gasteiger partial charge is 0.303 e. The van der Waals surface area contributed by atoms with Crippen molar-refractivity contribution in [1.29, 1.82) is 0 Å². The highest BCUT2D eigenvalue weighted by atomic mass is 35.5. The van der Waals surface area contributed by atoms with Crippen molar-refractivity contribution in [2.24, 2.45) is 0 Å². The van der Waals surface area contributed by atoms with Crippen LogP contribution in [0.5, 0.6) is 17.2 Å². The van der Waals surface area contributed by atoms with E-state index < -0.39 is 5.97 Å². The van der Waals surface area contributed by atoms with Crippen molar-refractivity contribution in [2.45, 2.75) is 19.3 Å². The molecular weight excluding hydrogens is 272 g/mol. The predicted molar refractivity (Wildman–Crippen MR) is 71.7 cm³/mol. The number of aliphatic carboxylic acids is 1. The highest BCUT2D eigenvalue weighted by Gasteiger charge is 2.18. The first kappa shape index (κ1) is 15.4. The molecule has 1 aromatic rings. The summed E-state index contributed by atoms with van der Waals surface area (Å²) in [6.07, 6.45) is 1.05. The van der Waals surface area contributed by atoms with Gasteiger partial charge in [0.05, 0.1) is 26.4 Å². The number of methoxy groups -OCH3 is 3. The molecule has 106 valence electrons. The van der Waals surface area contributed by atoms with Crippen LogP contribution in [0.4, 0.5) is 0 Å². The number of benzene rings is 1. The summed E-state index contributed by atoms with van der Waals surface area (Å²) in [5, 5.41) is 9.05. The molecule has 0 aliphatic rings. The van der Waals surface area contributed by atoms with Crippen LogP contribution in [0.25, 0.3) is 0 Å². The van der Waals surface area contributed by atoms with E-state index in [-0.39, 0.29) is 6.42 Å². The Hall–Kier alpha value is -1.62. The summed E-state index contributed by atoms with van der Waals surface area (Å²) in [7, 11) is 4.53. The summed E-state index contributed by atoms with van der Waals surface area (Å²) in [6, 6.07) is 1.68. The van der Waals surface area contributed by atoms with E-state index in [9.17, 15) is 4.79 Å². The third-order valence-electron chi connectivity index (χ3n) is 2.71. The van der Waals surface area contributed by atoms with E-state index in [1.54, 1.807) is 6.07 Å². The number of hydrogen-bond acceptors (Lipinski definition) is 4. The molecular formula is C13H17ClO5. The quantitative estimate of drug-likeness (QED) is 0.836. The van der Waals surface area contributed by atoms with Crippen LogP contribution >= 0.6 is 11.6 Å². The molecule has 0 heterocycles. The Labute approximate surface area is 117 Å². The van der Waals surface area contributed by atoms with Gasteiger partial charge in [0, 0.05) is 18.1 Å². The molecule has 0 saturated carbocycles. The van der Waals surface area contributed by atoms with Crippen LogP contribution in [0, 0.1) is 0 Å². The highest BCUT2D eigenvalue weighted by molar-refractivity contribution is 6.33. The molecule has 0 fully saturated rings. The summed E-state index contributed by atoms with van der Waals surface area (Å²) < 4.78 is 15.6. The summed E-state index contributed by atoms with van der Waals surface area (Å²) >= 11 is 6.26. The summed E-state index contributed by atoms with van der Waals surface area (Å²) in [4.78, 5) is 10.5. The zero-order chi connectivity index (χ0) is 14.4. The Balaban J connectivity index is 3.10. The van der Waals surface area contributed by atoms with Crippen LogP contribution in [0.2, 0.25) is 5.02 Å². The van der Waals surface area contributed by atoms with Crippen molar-refractivity contribution in [3.05, 3.63) is 16.7 Å². The van der Waals surface area contributed by atoms with Crippen molar-refractivity contribution in [2.75, 3.05) is 21.3 Å². The second-order valence-corrected chi connectivity index (χ2v) is 4.23. The van der Waals surface area contributed by atoms with E-state index in [1.807, 2.05) is 0 Å². The highest BCUT2D eigenvalue weighted by Crippen LogP contribution is 2.43.